The van der Waals surface area contributed by atoms with Crippen LogP contribution in [0.4, 0.5) is 0 Å². The second kappa shape index (κ2) is 15.3. The molecular weight excluding hydrogens is 654 g/mol. The van der Waals surface area contributed by atoms with Crippen molar-refractivity contribution in [3.8, 4) is 0 Å². The van der Waals surface area contributed by atoms with Gasteiger partial charge in [-0.2, -0.15) is 0 Å². The van der Waals surface area contributed by atoms with E-state index in [1.807, 2.05) is 35.2 Å². The number of nitrogens with zero attached hydrogens (tertiary/aromatic N) is 2. The van der Waals surface area contributed by atoms with Crippen molar-refractivity contribution in [3.63, 3.8) is 0 Å². The van der Waals surface area contributed by atoms with Gasteiger partial charge in [0.05, 0.1) is 24.5 Å². The molecule has 4 fully saturated rings. The number of esters is 1. The Kier molecular flexibility index (Phi) is 11.4. The fourth-order valence-corrected chi connectivity index (χ4v) is 8.85. The zero-order valence-electron chi connectivity index (χ0n) is 26.4. The highest BCUT2D eigenvalue weighted by Crippen LogP contribution is 2.60. The smallest absolute Gasteiger partial charge is 0.313 e. The topological polar surface area (TPSA) is 125 Å². The van der Waals surface area contributed by atoms with E-state index in [9.17, 15) is 24.3 Å². The van der Waals surface area contributed by atoms with Crippen LogP contribution in [-0.2, 0) is 28.7 Å². The number of halogens is 1. The highest BCUT2D eigenvalue weighted by Gasteiger charge is 2.77. The van der Waals surface area contributed by atoms with Gasteiger partial charge in [0.15, 0.2) is 0 Å². The Morgan fingerprint density at radius 3 is 2.59 bits per heavy atom. The number of likely N-dealkylation sites (tertiary alicyclic amines) is 1. The predicted octanol–water partition coefficient (Wildman–Crippen LogP) is 3.83. The Morgan fingerprint density at radius 2 is 1.91 bits per heavy atom. The molecule has 1 aliphatic carbocycles. The maximum atomic E-state index is 14.6. The number of ether oxygens (including phenoxy) is 2. The van der Waals surface area contributed by atoms with Crippen molar-refractivity contribution < 1.29 is 33.8 Å². The Bertz CT molecular complexity index is 1290. The highest BCUT2D eigenvalue weighted by molar-refractivity contribution is 9.09. The molecule has 0 aromatic heterocycles. The second-order valence-corrected chi connectivity index (χ2v) is 14.0. The van der Waals surface area contributed by atoms with Crippen LogP contribution in [0.25, 0.3) is 0 Å². The quantitative estimate of drug-likeness (QED) is 0.162. The van der Waals surface area contributed by atoms with Crippen LogP contribution in [0.5, 0.6) is 0 Å². The van der Waals surface area contributed by atoms with E-state index in [1.165, 1.54) is 4.90 Å². The number of hydrogen-bond donors (Lipinski definition) is 2. The Morgan fingerprint density at radius 1 is 1.17 bits per heavy atom. The number of amides is 3. The van der Waals surface area contributed by atoms with Gasteiger partial charge in [-0.05, 0) is 37.7 Å². The van der Waals surface area contributed by atoms with E-state index in [2.05, 4.69) is 34.4 Å². The largest absolute Gasteiger partial charge is 0.455 e. The van der Waals surface area contributed by atoms with Crippen LogP contribution >= 0.6 is 15.9 Å². The maximum absolute atomic E-state index is 14.6. The summed E-state index contributed by atoms with van der Waals surface area (Å²) < 4.78 is 12.8. The summed E-state index contributed by atoms with van der Waals surface area (Å²) in [6.07, 6.45) is 8.37. The molecule has 1 aromatic rings. The fourth-order valence-electron chi connectivity index (χ4n) is 7.91. The van der Waals surface area contributed by atoms with Gasteiger partial charge in [-0.1, -0.05) is 77.7 Å². The summed E-state index contributed by atoms with van der Waals surface area (Å²) in [5, 5.41) is 12.6. The van der Waals surface area contributed by atoms with E-state index in [4.69, 9.17) is 9.47 Å². The number of carbonyl (C=O) groups is 4. The van der Waals surface area contributed by atoms with Gasteiger partial charge in [-0.3, -0.25) is 19.2 Å². The summed E-state index contributed by atoms with van der Waals surface area (Å²) in [6, 6.07) is 8.27. The average molecular weight is 701 g/mol. The Hall–Kier alpha value is -3.02. The molecule has 3 saturated heterocycles. The summed E-state index contributed by atoms with van der Waals surface area (Å²) in [5.41, 5.74) is -0.515. The van der Waals surface area contributed by atoms with Crippen LogP contribution in [0.1, 0.15) is 69.5 Å². The summed E-state index contributed by atoms with van der Waals surface area (Å²) in [4.78, 5) is 58.6. The van der Waals surface area contributed by atoms with Crippen LogP contribution in [0, 0.1) is 11.8 Å². The number of alkyl halides is 1. The number of aliphatic hydroxyl groups excluding tert-OH is 1. The molecule has 4 aliphatic rings. The van der Waals surface area contributed by atoms with E-state index in [0.717, 1.165) is 32.1 Å². The third-order valence-electron chi connectivity index (χ3n) is 9.97. The van der Waals surface area contributed by atoms with Crippen molar-refractivity contribution in [2.24, 2.45) is 11.8 Å². The predicted molar refractivity (Wildman–Crippen MR) is 176 cm³/mol. The van der Waals surface area contributed by atoms with Gasteiger partial charge >= 0.3 is 5.97 Å². The minimum absolute atomic E-state index is 0.0388. The monoisotopic (exact) mass is 699 g/mol. The molecule has 46 heavy (non-hydrogen) atoms. The van der Waals surface area contributed by atoms with Crippen molar-refractivity contribution in [2.75, 3.05) is 26.2 Å². The van der Waals surface area contributed by atoms with Crippen molar-refractivity contribution in [2.45, 2.75) is 92.5 Å². The lowest BCUT2D eigenvalue weighted by atomic mass is 9.70. The molecule has 7 atom stereocenters. The third kappa shape index (κ3) is 6.69. The molecule has 10 nitrogen and oxygen atoms in total. The van der Waals surface area contributed by atoms with Gasteiger partial charge in [-0.25, -0.2) is 0 Å². The van der Waals surface area contributed by atoms with Gasteiger partial charge in [0.1, 0.15) is 17.7 Å². The minimum atomic E-state index is -1.22. The highest BCUT2D eigenvalue weighted by atomic mass is 79.9. The number of fused-ring (bicyclic) bond motifs is 1. The molecule has 3 aliphatic heterocycles. The molecule has 3 amide bonds. The first-order chi connectivity index (χ1) is 22.3. The maximum Gasteiger partial charge on any atom is 0.313 e. The lowest BCUT2D eigenvalue weighted by Crippen LogP contribution is -2.58. The molecule has 11 heteroatoms. The molecule has 2 bridgehead atoms. The fraction of sp³-hybridized carbons (Fsp3) is 0.600. The Labute approximate surface area is 279 Å². The van der Waals surface area contributed by atoms with E-state index in [-0.39, 0.29) is 54.7 Å². The molecule has 3 heterocycles. The molecular formula is C35H46BrN3O7. The summed E-state index contributed by atoms with van der Waals surface area (Å²) in [7, 11) is 0. The first-order valence-corrected chi connectivity index (χ1v) is 17.5. The first kappa shape index (κ1) is 34.3. The number of hydrogen-bond acceptors (Lipinski definition) is 7. The van der Waals surface area contributed by atoms with Gasteiger partial charge in [0.2, 0.25) is 17.7 Å². The molecule has 2 N–H and O–H groups in total. The first-order valence-electron chi connectivity index (χ1n) is 16.5. The molecule has 5 rings (SSSR count). The standard InChI is InChI=1S/C35H46BrN3O7/c1-3-5-17-27(41)37-22-26(23-13-8-6-9-14-23)45-34(44)28-29-32(42)39(19-12-20-40)31(35(29)21-25(36)30(28)46-35)33(43)38(18-4-2)24-15-10-7-11-16-24/h3-4,6,8-9,13-14,24-26,28-31,40H,1-2,5,7,10-12,15-22H2,(H,37,41)/t25?,26-,28-,29+,30-,31-,35+/m1/s1. The van der Waals surface area contributed by atoms with Crippen LogP contribution in [-0.4, -0.2) is 93.5 Å². The van der Waals surface area contributed by atoms with Crippen molar-refractivity contribution in [1.29, 1.82) is 0 Å². The average Bonchev–Trinajstić information content (AvgIpc) is 3.66. The number of benzene rings is 1. The number of aliphatic hydroxyl groups is 1. The zero-order chi connectivity index (χ0) is 32.8. The number of nitrogens with one attached hydrogen (secondary N) is 1. The zero-order valence-corrected chi connectivity index (χ0v) is 27.9. The second-order valence-electron chi connectivity index (χ2n) is 12.8. The van der Waals surface area contributed by atoms with Crippen LogP contribution < -0.4 is 5.32 Å². The lowest BCUT2D eigenvalue weighted by molar-refractivity contribution is -0.160. The SMILES string of the molecule is C=CCCC(=O)NC[C@@H](OC(=O)[C@H]1[C@@H]2O[C@@]3(CC2Br)[C@@H]1C(=O)N(CCCO)[C@@H]3C(=O)N(CC=C)C1CCCCC1)c1ccccc1. The van der Waals surface area contributed by atoms with Gasteiger partial charge in [0.25, 0.3) is 0 Å². The molecule has 1 aromatic carbocycles. The van der Waals surface area contributed by atoms with E-state index < -0.39 is 41.7 Å². The van der Waals surface area contributed by atoms with E-state index in [0.29, 0.717) is 31.4 Å². The van der Waals surface area contributed by atoms with Gasteiger partial charge in [0, 0.05) is 37.0 Å². The molecule has 1 spiro atoms. The van der Waals surface area contributed by atoms with Crippen LogP contribution in [0.2, 0.25) is 0 Å². The summed E-state index contributed by atoms with van der Waals surface area (Å²) in [5.74, 6) is -3.18. The normalized spacial score (nSPS) is 29.2. The van der Waals surface area contributed by atoms with Crippen molar-refractivity contribution in [1.82, 2.24) is 15.1 Å². The summed E-state index contributed by atoms with van der Waals surface area (Å²) in [6.45, 7) is 8.00. The van der Waals surface area contributed by atoms with E-state index >= 15 is 0 Å². The molecule has 1 saturated carbocycles. The van der Waals surface area contributed by atoms with Gasteiger partial charge < -0.3 is 29.7 Å². The molecule has 0 radical (unpaired) electrons. The number of carbonyl (C=O) groups excluding carboxylic acids is 4. The van der Waals surface area contributed by atoms with Crippen molar-refractivity contribution in [3.05, 3.63) is 61.2 Å². The third-order valence-corrected chi connectivity index (χ3v) is 10.8. The van der Waals surface area contributed by atoms with E-state index in [1.54, 1.807) is 12.2 Å². The van der Waals surface area contributed by atoms with Gasteiger partial charge in [-0.15, -0.1) is 13.2 Å². The number of rotatable bonds is 15. The van der Waals surface area contributed by atoms with Crippen LogP contribution in [0.15, 0.2) is 55.6 Å². The Balaban J connectivity index is 1.44. The van der Waals surface area contributed by atoms with Crippen molar-refractivity contribution >= 4 is 39.6 Å². The summed E-state index contributed by atoms with van der Waals surface area (Å²) >= 11 is 3.73. The minimum Gasteiger partial charge on any atom is -0.455 e. The lowest BCUT2D eigenvalue weighted by Gasteiger charge is -2.41. The number of allylic oxidation sites excluding steroid dienone is 1. The molecule has 250 valence electrons. The molecule has 1 unspecified atom stereocenters. The van der Waals surface area contributed by atoms with Crippen LogP contribution in [0.3, 0.4) is 0 Å².